The number of halogens is 1. The largest absolute Gasteiger partial charge is 0.490 e. The summed E-state index contributed by atoms with van der Waals surface area (Å²) in [6, 6.07) is 5.47. The summed E-state index contributed by atoms with van der Waals surface area (Å²) in [6.07, 6.45) is 1.42. The number of hydrogen-bond donors (Lipinski definition) is 1. The van der Waals surface area contributed by atoms with E-state index in [1.54, 1.807) is 11.0 Å². The Labute approximate surface area is 135 Å². The van der Waals surface area contributed by atoms with Gasteiger partial charge in [0.15, 0.2) is 0 Å². The van der Waals surface area contributed by atoms with Crippen molar-refractivity contribution >= 4 is 23.2 Å². The van der Waals surface area contributed by atoms with Gasteiger partial charge in [-0.1, -0.05) is 11.6 Å². The summed E-state index contributed by atoms with van der Waals surface area (Å²) < 4.78 is 5.60. The molecule has 0 unspecified atom stereocenters. The molecule has 1 aliphatic heterocycles. The highest BCUT2D eigenvalue weighted by atomic mass is 35.5. The number of aliphatic hydroxyl groups excluding tert-OH is 1. The molecule has 1 heterocycles. The van der Waals surface area contributed by atoms with E-state index in [2.05, 4.69) is 0 Å². The number of rotatable bonds is 4. The molecule has 6 heteroatoms. The molecule has 1 N–H and O–H groups in total. The summed E-state index contributed by atoms with van der Waals surface area (Å²) in [4.78, 5) is 16.2. The molecular formula is C16H21ClN2O3. The van der Waals surface area contributed by atoms with Gasteiger partial charge in [-0.3, -0.25) is 4.79 Å². The first kappa shape index (κ1) is 15.4. The Morgan fingerprint density at radius 2 is 2.27 bits per heavy atom. The number of benzene rings is 1. The lowest BCUT2D eigenvalue weighted by molar-refractivity contribution is -0.130. The van der Waals surface area contributed by atoms with Gasteiger partial charge < -0.3 is 19.6 Å². The van der Waals surface area contributed by atoms with Gasteiger partial charge in [0.25, 0.3) is 0 Å². The number of nitrogens with zero attached hydrogens (tertiary/aromatic N) is 2. The fraction of sp³-hybridized carbons (Fsp3) is 0.562. The van der Waals surface area contributed by atoms with Gasteiger partial charge in [0.1, 0.15) is 12.4 Å². The van der Waals surface area contributed by atoms with Crippen LogP contribution in [0.4, 0.5) is 5.69 Å². The predicted octanol–water partition coefficient (Wildman–Crippen LogP) is 1.77. The van der Waals surface area contributed by atoms with Crippen LogP contribution >= 0.6 is 11.6 Å². The second-order valence-electron chi connectivity index (χ2n) is 6.15. The Balaban J connectivity index is 1.61. The Hall–Kier alpha value is -1.46. The van der Waals surface area contributed by atoms with Crippen molar-refractivity contribution < 1.29 is 14.6 Å². The minimum absolute atomic E-state index is 0.0780. The average Bonchev–Trinajstić information content (AvgIpc) is 2.46. The van der Waals surface area contributed by atoms with Crippen molar-refractivity contribution in [2.45, 2.75) is 18.9 Å². The van der Waals surface area contributed by atoms with Gasteiger partial charge in [0.05, 0.1) is 24.9 Å². The molecule has 1 saturated carbocycles. The van der Waals surface area contributed by atoms with Crippen molar-refractivity contribution in [2.24, 2.45) is 5.92 Å². The summed E-state index contributed by atoms with van der Waals surface area (Å²) in [5.41, 5.74) is 0.875. The number of ether oxygens (including phenoxy) is 1. The van der Waals surface area contributed by atoms with E-state index in [0.29, 0.717) is 37.2 Å². The van der Waals surface area contributed by atoms with E-state index in [1.807, 2.05) is 24.1 Å². The molecule has 2 aliphatic rings. The van der Waals surface area contributed by atoms with E-state index in [1.165, 1.54) is 0 Å². The summed E-state index contributed by atoms with van der Waals surface area (Å²) in [7, 11) is 1.83. The Morgan fingerprint density at radius 3 is 3.00 bits per heavy atom. The van der Waals surface area contributed by atoms with Crippen molar-refractivity contribution in [3.63, 3.8) is 0 Å². The molecule has 0 aromatic heterocycles. The maximum atomic E-state index is 12.4. The van der Waals surface area contributed by atoms with Gasteiger partial charge in [-0.05, 0) is 37.0 Å². The molecule has 3 rings (SSSR count). The van der Waals surface area contributed by atoms with Crippen molar-refractivity contribution in [2.75, 3.05) is 38.2 Å². The number of carbonyl (C=O) groups is 1. The quantitative estimate of drug-likeness (QED) is 0.917. The zero-order valence-corrected chi connectivity index (χ0v) is 13.4. The molecule has 1 aromatic carbocycles. The lowest BCUT2D eigenvalue weighted by Gasteiger charge is -2.36. The second-order valence-corrected chi connectivity index (χ2v) is 6.58. The van der Waals surface area contributed by atoms with E-state index >= 15 is 0 Å². The van der Waals surface area contributed by atoms with Crippen LogP contribution in [0.1, 0.15) is 12.8 Å². The van der Waals surface area contributed by atoms with Crippen molar-refractivity contribution in [1.29, 1.82) is 0 Å². The zero-order valence-electron chi connectivity index (χ0n) is 12.7. The number of amides is 1. The molecule has 0 radical (unpaired) electrons. The van der Waals surface area contributed by atoms with Crippen LogP contribution in [-0.4, -0.2) is 55.3 Å². The third-order valence-electron chi connectivity index (χ3n) is 4.38. The minimum atomic E-state index is -0.179. The highest BCUT2D eigenvalue weighted by Gasteiger charge is 2.30. The summed E-state index contributed by atoms with van der Waals surface area (Å²) in [5.74, 6) is 1.28. The normalized spacial score (nSPS) is 23.3. The number of carbonyl (C=O) groups excluding carboxylic acids is 1. The lowest BCUT2D eigenvalue weighted by atomic mass is 9.82. The van der Waals surface area contributed by atoms with Gasteiger partial charge in [-0.2, -0.15) is 0 Å². The number of hydrogen-bond acceptors (Lipinski definition) is 4. The first-order valence-electron chi connectivity index (χ1n) is 7.62. The topological polar surface area (TPSA) is 53.0 Å². The lowest BCUT2D eigenvalue weighted by Crippen LogP contribution is -2.45. The maximum Gasteiger partial charge on any atom is 0.241 e. The Bertz CT molecular complexity index is 560. The summed E-state index contributed by atoms with van der Waals surface area (Å²) >= 11 is 6.05. The number of fused-ring (bicyclic) bond motifs is 1. The van der Waals surface area contributed by atoms with Crippen LogP contribution in [-0.2, 0) is 4.79 Å². The monoisotopic (exact) mass is 324 g/mol. The molecule has 0 saturated heterocycles. The third kappa shape index (κ3) is 3.31. The van der Waals surface area contributed by atoms with E-state index in [0.717, 1.165) is 24.3 Å². The molecule has 0 atom stereocenters. The fourth-order valence-corrected chi connectivity index (χ4v) is 3.20. The molecular weight excluding hydrogens is 304 g/mol. The average molecular weight is 325 g/mol. The van der Waals surface area contributed by atoms with E-state index in [-0.39, 0.29) is 12.0 Å². The van der Waals surface area contributed by atoms with Crippen molar-refractivity contribution in [3.05, 3.63) is 23.2 Å². The number of likely N-dealkylation sites (N-methyl/N-ethyl adjacent to an activating group) is 1. The van der Waals surface area contributed by atoms with Crippen LogP contribution in [0.3, 0.4) is 0 Å². The molecule has 5 nitrogen and oxygen atoms in total. The first-order valence-corrected chi connectivity index (χ1v) is 8.00. The third-order valence-corrected chi connectivity index (χ3v) is 4.61. The number of aliphatic hydroxyl groups is 1. The van der Waals surface area contributed by atoms with Crippen LogP contribution in [0.2, 0.25) is 5.02 Å². The van der Waals surface area contributed by atoms with Gasteiger partial charge in [0, 0.05) is 18.6 Å². The number of anilines is 1. The van der Waals surface area contributed by atoms with Gasteiger partial charge in [-0.15, -0.1) is 0 Å². The zero-order chi connectivity index (χ0) is 15.7. The van der Waals surface area contributed by atoms with Crippen LogP contribution < -0.4 is 9.64 Å². The van der Waals surface area contributed by atoms with E-state index in [9.17, 15) is 9.90 Å². The molecule has 1 amide bonds. The van der Waals surface area contributed by atoms with Gasteiger partial charge >= 0.3 is 0 Å². The molecule has 1 aromatic rings. The summed E-state index contributed by atoms with van der Waals surface area (Å²) in [6.45, 7) is 2.28. The van der Waals surface area contributed by atoms with Gasteiger partial charge in [0.2, 0.25) is 5.91 Å². The van der Waals surface area contributed by atoms with E-state index < -0.39 is 0 Å². The minimum Gasteiger partial charge on any atom is -0.490 e. The second kappa shape index (κ2) is 6.34. The molecule has 120 valence electrons. The highest BCUT2D eigenvalue weighted by molar-refractivity contribution is 6.31. The van der Waals surface area contributed by atoms with Crippen LogP contribution in [0.5, 0.6) is 5.75 Å². The first-order chi connectivity index (χ1) is 10.5. The van der Waals surface area contributed by atoms with Crippen molar-refractivity contribution in [3.8, 4) is 5.75 Å². The Morgan fingerprint density at radius 1 is 1.50 bits per heavy atom. The summed E-state index contributed by atoms with van der Waals surface area (Å²) in [5, 5.41) is 9.97. The maximum absolute atomic E-state index is 12.4. The highest BCUT2D eigenvalue weighted by Crippen LogP contribution is 2.34. The molecule has 1 aliphatic carbocycles. The molecule has 0 spiro atoms. The van der Waals surface area contributed by atoms with Crippen LogP contribution in [0.15, 0.2) is 18.2 Å². The van der Waals surface area contributed by atoms with E-state index in [4.69, 9.17) is 16.3 Å². The SMILES string of the molecule is CN(CC1CC(O)C1)C(=O)CN1CCOc2ccc(Cl)cc21. The van der Waals surface area contributed by atoms with Crippen molar-refractivity contribution in [1.82, 2.24) is 4.90 Å². The molecule has 22 heavy (non-hydrogen) atoms. The standard InChI is InChI=1S/C16H21ClN2O3/c1-18(9-11-6-13(20)7-11)16(21)10-19-4-5-22-15-3-2-12(17)8-14(15)19/h2-3,8,11,13,20H,4-7,9-10H2,1H3. The van der Waals surface area contributed by atoms with Crippen LogP contribution in [0, 0.1) is 5.92 Å². The fourth-order valence-electron chi connectivity index (χ4n) is 3.03. The molecule has 0 bridgehead atoms. The smallest absolute Gasteiger partial charge is 0.241 e. The molecule has 1 fully saturated rings. The predicted molar refractivity (Wildman–Crippen MR) is 85.5 cm³/mol. The van der Waals surface area contributed by atoms with Crippen LogP contribution in [0.25, 0.3) is 0 Å². The van der Waals surface area contributed by atoms with Gasteiger partial charge in [-0.25, -0.2) is 0 Å². The Kier molecular flexibility index (Phi) is 4.45.